The summed E-state index contributed by atoms with van der Waals surface area (Å²) in [6.45, 7) is 0. The van der Waals surface area contributed by atoms with Crippen molar-refractivity contribution in [3.05, 3.63) is 79.5 Å². The van der Waals surface area contributed by atoms with Crippen LogP contribution in [0.3, 0.4) is 0 Å². The molecule has 0 aliphatic carbocycles. The minimum Gasteiger partial charge on any atom is -0.495 e. The summed E-state index contributed by atoms with van der Waals surface area (Å²) in [7, 11) is 1.46. The van der Waals surface area contributed by atoms with E-state index in [-0.39, 0.29) is 20.3 Å². The molecule has 0 saturated heterocycles. The third-order valence-electron chi connectivity index (χ3n) is 3.78. The van der Waals surface area contributed by atoms with E-state index < -0.39 is 11.4 Å². The Hall–Kier alpha value is -3.68. The Bertz CT molecular complexity index is 1260. The molecule has 0 unspecified atom stereocenters. The second-order valence-corrected chi connectivity index (χ2v) is 6.38. The highest BCUT2D eigenvalue weighted by Crippen LogP contribution is 2.19. The molecule has 0 saturated carbocycles. The van der Waals surface area contributed by atoms with Crippen LogP contribution in [0.2, 0.25) is 0 Å². The zero-order valence-electron chi connectivity index (χ0n) is 14.1. The molecule has 2 aromatic carbocycles. The highest BCUT2D eigenvalue weighted by atomic mass is 32.1. The number of thiazole rings is 1. The summed E-state index contributed by atoms with van der Waals surface area (Å²) >= 11 is 0.952. The maximum Gasteiger partial charge on any atom is 0.273 e. The standard InChI is InChI=1S/C20H12FN3O2S/c1-26-17-9-5-4-8-16(17)24-19(25)18(27-20(24)14(11-22)12-23)10-13-6-2-3-7-15(13)21/h2-10H,1H3. The molecule has 132 valence electrons. The maximum atomic E-state index is 14.0. The van der Waals surface area contributed by atoms with Crippen molar-refractivity contribution in [1.82, 2.24) is 4.57 Å². The predicted octanol–water partition coefficient (Wildman–Crippen LogP) is 2.07. The van der Waals surface area contributed by atoms with Crippen LogP contribution in [-0.4, -0.2) is 11.7 Å². The van der Waals surface area contributed by atoms with Crippen LogP contribution >= 0.6 is 11.3 Å². The number of nitrogens with zero attached hydrogens (tertiary/aromatic N) is 3. The average molecular weight is 377 g/mol. The van der Waals surface area contributed by atoms with Crippen LogP contribution in [0.1, 0.15) is 5.56 Å². The molecule has 1 heterocycles. The molecule has 0 aliphatic rings. The summed E-state index contributed by atoms with van der Waals surface area (Å²) in [6.07, 6.45) is 1.41. The lowest BCUT2D eigenvalue weighted by atomic mass is 10.2. The number of ether oxygens (including phenoxy) is 1. The topological polar surface area (TPSA) is 78.8 Å². The van der Waals surface area contributed by atoms with E-state index in [1.807, 2.05) is 12.1 Å². The second kappa shape index (κ2) is 7.69. The second-order valence-electron chi connectivity index (χ2n) is 5.35. The first-order valence-electron chi connectivity index (χ1n) is 7.76. The van der Waals surface area contributed by atoms with Crippen molar-refractivity contribution in [3.8, 4) is 23.6 Å². The fraction of sp³-hybridized carbons (Fsp3) is 0.0500. The van der Waals surface area contributed by atoms with E-state index in [2.05, 4.69) is 0 Å². The molecular weight excluding hydrogens is 365 g/mol. The summed E-state index contributed by atoms with van der Waals surface area (Å²) in [5.74, 6) is -0.0632. The third kappa shape index (κ3) is 3.37. The van der Waals surface area contributed by atoms with Gasteiger partial charge in [-0.25, -0.2) is 4.39 Å². The van der Waals surface area contributed by atoms with Gasteiger partial charge in [0.15, 0.2) is 5.57 Å². The van der Waals surface area contributed by atoms with Crippen LogP contribution in [-0.2, 0) is 0 Å². The lowest BCUT2D eigenvalue weighted by Gasteiger charge is -2.08. The summed E-state index contributed by atoms with van der Waals surface area (Å²) in [5.41, 5.74) is -0.0422. The van der Waals surface area contributed by atoms with Crippen molar-refractivity contribution in [2.75, 3.05) is 7.11 Å². The SMILES string of the molecule is COc1ccccc1-n1c(=C(C#N)C#N)sc(=Cc2ccccc2F)c1=O. The van der Waals surface area contributed by atoms with E-state index >= 15 is 0 Å². The Morgan fingerprint density at radius 3 is 2.48 bits per heavy atom. The van der Waals surface area contributed by atoms with Gasteiger partial charge in [0.2, 0.25) is 0 Å². The maximum absolute atomic E-state index is 14.0. The fourth-order valence-corrected chi connectivity index (χ4v) is 3.58. The molecule has 3 aromatic rings. The van der Waals surface area contributed by atoms with Crippen molar-refractivity contribution in [2.45, 2.75) is 0 Å². The zero-order valence-corrected chi connectivity index (χ0v) is 15.0. The molecule has 7 heteroatoms. The molecule has 5 nitrogen and oxygen atoms in total. The highest BCUT2D eigenvalue weighted by molar-refractivity contribution is 7.07. The molecule has 0 N–H and O–H groups in total. The van der Waals surface area contributed by atoms with Crippen molar-refractivity contribution >= 4 is 23.0 Å². The van der Waals surface area contributed by atoms with Gasteiger partial charge in [0.1, 0.15) is 28.4 Å². The van der Waals surface area contributed by atoms with Crippen LogP contribution in [0.15, 0.2) is 53.3 Å². The number of nitriles is 2. The zero-order chi connectivity index (χ0) is 19.4. The predicted molar refractivity (Wildman–Crippen MR) is 100 cm³/mol. The minimum atomic E-state index is -0.472. The number of methoxy groups -OCH3 is 1. The quantitative estimate of drug-likeness (QED) is 0.700. The van der Waals surface area contributed by atoms with E-state index in [0.29, 0.717) is 11.4 Å². The van der Waals surface area contributed by atoms with E-state index in [0.717, 1.165) is 11.3 Å². The Morgan fingerprint density at radius 1 is 1.15 bits per heavy atom. The number of benzene rings is 2. The van der Waals surface area contributed by atoms with E-state index in [1.165, 1.54) is 23.8 Å². The van der Waals surface area contributed by atoms with Crippen LogP contribution < -0.4 is 19.5 Å². The van der Waals surface area contributed by atoms with Crippen LogP contribution in [0.4, 0.5) is 4.39 Å². The first kappa shape index (κ1) is 18.1. The largest absolute Gasteiger partial charge is 0.495 e. The number of halogens is 1. The Kier molecular flexibility index (Phi) is 5.16. The number of rotatable bonds is 3. The van der Waals surface area contributed by atoms with E-state index in [9.17, 15) is 19.7 Å². The van der Waals surface area contributed by atoms with Gasteiger partial charge >= 0.3 is 0 Å². The Balaban J connectivity index is 2.46. The molecule has 0 radical (unpaired) electrons. The summed E-state index contributed by atoms with van der Waals surface area (Å²) < 4.78 is 20.9. The number of hydrogen-bond donors (Lipinski definition) is 0. The highest BCUT2D eigenvalue weighted by Gasteiger charge is 2.14. The lowest BCUT2D eigenvalue weighted by Crippen LogP contribution is -2.31. The smallest absolute Gasteiger partial charge is 0.273 e. The van der Waals surface area contributed by atoms with Gasteiger partial charge in [-0.2, -0.15) is 10.5 Å². The average Bonchev–Trinajstić information content (AvgIpc) is 3.00. The Labute approximate surface area is 157 Å². The van der Waals surface area contributed by atoms with Gasteiger partial charge in [0, 0.05) is 5.56 Å². The van der Waals surface area contributed by atoms with Gasteiger partial charge in [-0.05, 0) is 24.3 Å². The molecule has 0 spiro atoms. The molecule has 27 heavy (non-hydrogen) atoms. The third-order valence-corrected chi connectivity index (χ3v) is 4.87. The van der Waals surface area contributed by atoms with Crippen molar-refractivity contribution in [2.24, 2.45) is 0 Å². The van der Waals surface area contributed by atoms with E-state index in [4.69, 9.17) is 4.74 Å². The van der Waals surface area contributed by atoms with Gasteiger partial charge < -0.3 is 4.74 Å². The Morgan fingerprint density at radius 2 is 1.81 bits per heavy atom. The molecule has 0 aliphatic heterocycles. The minimum absolute atomic E-state index is 0.164. The summed E-state index contributed by atoms with van der Waals surface area (Å²) in [4.78, 5) is 13.0. The number of para-hydroxylation sites is 2. The van der Waals surface area contributed by atoms with Gasteiger partial charge in [0.25, 0.3) is 5.56 Å². The first-order valence-corrected chi connectivity index (χ1v) is 8.58. The van der Waals surface area contributed by atoms with Crippen molar-refractivity contribution < 1.29 is 9.13 Å². The van der Waals surface area contributed by atoms with Gasteiger partial charge in [0.05, 0.1) is 17.3 Å². The van der Waals surface area contributed by atoms with Crippen LogP contribution in [0, 0.1) is 28.5 Å². The van der Waals surface area contributed by atoms with Crippen molar-refractivity contribution in [1.29, 1.82) is 10.5 Å². The molecule has 0 fully saturated rings. The van der Waals surface area contributed by atoms with Crippen molar-refractivity contribution in [3.63, 3.8) is 0 Å². The monoisotopic (exact) mass is 377 g/mol. The van der Waals surface area contributed by atoms with Gasteiger partial charge in [-0.15, -0.1) is 11.3 Å². The molecular formula is C20H12FN3O2S. The number of hydrogen-bond acceptors (Lipinski definition) is 5. The first-order chi connectivity index (χ1) is 13.1. The van der Waals surface area contributed by atoms with E-state index in [1.54, 1.807) is 42.5 Å². The molecule has 3 rings (SSSR count). The van der Waals surface area contributed by atoms with Crippen LogP contribution in [0.5, 0.6) is 5.75 Å². The van der Waals surface area contributed by atoms with Gasteiger partial charge in [-0.1, -0.05) is 30.3 Å². The summed E-state index contributed by atoms with van der Waals surface area (Å²) in [5, 5.41) is 18.6. The van der Waals surface area contributed by atoms with Gasteiger partial charge in [-0.3, -0.25) is 9.36 Å². The van der Waals surface area contributed by atoms with Crippen LogP contribution in [0.25, 0.3) is 17.3 Å². The normalized spacial score (nSPS) is 10.9. The summed E-state index contributed by atoms with van der Waals surface area (Å²) in [6, 6.07) is 16.4. The lowest BCUT2D eigenvalue weighted by molar-refractivity contribution is 0.412. The molecule has 0 atom stereocenters. The molecule has 0 amide bonds. The molecule has 1 aromatic heterocycles. The number of aromatic nitrogens is 1. The fourth-order valence-electron chi connectivity index (χ4n) is 2.54. The molecule has 0 bridgehead atoms.